The van der Waals surface area contributed by atoms with Gasteiger partial charge in [0.2, 0.25) is 5.11 Å². The molecule has 8 nitrogen and oxygen atoms in total. The average molecular weight is 690 g/mol. The number of alkyl halides is 5. The Labute approximate surface area is 274 Å². The number of benzene rings is 3. The Bertz CT molecular complexity index is 1860. The summed E-state index contributed by atoms with van der Waals surface area (Å²) in [5.74, 6) is 0.271. The van der Waals surface area contributed by atoms with Crippen LogP contribution in [-0.2, 0) is 0 Å². The van der Waals surface area contributed by atoms with Crippen molar-refractivity contribution < 1.29 is 31.1 Å². The van der Waals surface area contributed by atoms with Gasteiger partial charge < -0.3 is 4.74 Å². The van der Waals surface area contributed by atoms with E-state index in [4.69, 9.17) is 12.2 Å². The predicted octanol–water partition coefficient (Wildman–Crippen LogP) is 7.66. The van der Waals surface area contributed by atoms with Gasteiger partial charge in [0.15, 0.2) is 11.0 Å². The van der Waals surface area contributed by atoms with Gasteiger partial charge in [0.05, 0.1) is 11.4 Å². The fourth-order valence-corrected chi connectivity index (χ4v) is 6.21. The van der Waals surface area contributed by atoms with Gasteiger partial charge in [-0.05, 0) is 66.7 Å². The lowest BCUT2D eigenvalue weighted by Crippen LogP contribution is -2.41. The summed E-state index contributed by atoms with van der Waals surface area (Å²) in [7, 11) is 0. The summed E-state index contributed by atoms with van der Waals surface area (Å²) >= 11 is 7.00. The SMILES string of the molecule is CC1C=C2CSC(=NC(=S)NNC(C)c3ccc(-c4ncn(-c5ccc(OC(F)(F)C(F)(F)F)cc5)n4)cc3)N2c2cc(F)ccc21. The van der Waals surface area contributed by atoms with E-state index >= 15 is 0 Å². The van der Waals surface area contributed by atoms with E-state index in [1.165, 1.54) is 47.0 Å². The Hall–Kier alpha value is -4.41. The molecule has 1 fully saturated rings. The van der Waals surface area contributed by atoms with Crippen LogP contribution < -0.4 is 20.5 Å². The zero-order chi connectivity index (χ0) is 33.5. The number of ether oxygens (including phenoxy) is 1. The zero-order valence-corrected chi connectivity index (χ0v) is 26.2. The van der Waals surface area contributed by atoms with Crippen molar-refractivity contribution >= 4 is 39.9 Å². The molecule has 2 N–H and O–H groups in total. The molecule has 47 heavy (non-hydrogen) atoms. The Morgan fingerprint density at radius 1 is 1.06 bits per heavy atom. The Morgan fingerprint density at radius 2 is 1.79 bits per heavy atom. The number of rotatable bonds is 7. The highest BCUT2D eigenvalue weighted by atomic mass is 32.2. The van der Waals surface area contributed by atoms with Crippen LogP contribution in [0.5, 0.6) is 5.75 Å². The van der Waals surface area contributed by atoms with E-state index in [0.29, 0.717) is 28.0 Å². The average Bonchev–Trinajstić information content (AvgIpc) is 3.67. The first-order valence-corrected chi connectivity index (χ1v) is 15.5. The Morgan fingerprint density at radius 3 is 2.49 bits per heavy atom. The molecule has 6 rings (SSSR count). The number of hydrazine groups is 1. The van der Waals surface area contributed by atoms with Gasteiger partial charge in [-0.3, -0.25) is 10.3 Å². The molecular formula is C31H25F6N7OS2. The minimum Gasteiger partial charge on any atom is -0.426 e. The number of amidine groups is 1. The molecule has 0 radical (unpaired) electrons. The highest BCUT2D eigenvalue weighted by Crippen LogP contribution is 2.43. The van der Waals surface area contributed by atoms with Crippen LogP contribution in [0.4, 0.5) is 32.0 Å². The lowest BCUT2D eigenvalue weighted by atomic mass is 9.94. The van der Waals surface area contributed by atoms with Gasteiger partial charge in [0.1, 0.15) is 17.9 Å². The van der Waals surface area contributed by atoms with Gasteiger partial charge in [-0.1, -0.05) is 55.1 Å². The van der Waals surface area contributed by atoms with Crippen LogP contribution in [0.15, 0.2) is 89.8 Å². The number of aromatic nitrogens is 3. The second kappa shape index (κ2) is 12.7. The van der Waals surface area contributed by atoms with Gasteiger partial charge in [-0.25, -0.2) is 19.5 Å². The highest BCUT2D eigenvalue weighted by Gasteiger charge is 2.61. The van der Waals surface area contributed by atoms with Gasteiger partial charge in [0, 0.05) is 29.0 Å². The molecule has 16 heteroatoms. The zero-order valence-electron chi connectivity index (χ0n) is 24.6. The minimum absolute atomic E-state index is 0.165. The number of anilines is 1. The van der Waals surface area contributed by atoms with Gasteiger partial charge in [0.25, 0.3) is 0 Å². The molecule has 0 saturated carbocycles. The number of thiocarbonyl (C=S) groups is 1. The second-order valence-electron chi connectivity index (χ2n) is 10.7. The van der Waals surface area contributed by atoms with E-state index in [-0.39, 0.29) is 22.9 Å². The van der Waals surface area contributed by atoms with Crippen LogP contribution in [0.3, 0.4) is 0 Å². The smallest absolute Gasteiger partial charge is 0.426 e. The van der Waals surface area contributed by atoms with Gasteiger partial charge >= 0.3 is 12.3 Å². The summed E-state index contributed by atoms with van der Waals surface area (Å²) in [5, 5.41) is 5.25. The quantitative estimate of drug-likeness (QED) is 0.116. The monoisotopic (exact) mass is 689 g/mol. The highest BCUT2D eigenvalue weighted by molar-refractivity contribution is 8.14. The maximum absolute atomic E-state index is 14.1. The van der Waals surface area contributed by atoms with Crippen LogP contribution in [0.1, 0.15) is 36.9 Å². The third-order valence-electron chi connectivity index (χ3n) is 7.42. The molecule has 244 valence electrons. The lowest BCUT2D eigenvalue weighted by Gasteiger charge is -2.29. The molecule has 0 spiro atoms. The fraction of sp³-hybridized carbons (Fsp3) is 0.226. The number of thioether (sulfide) groups is 1. The molecule has 0 bridgehead atoms. The topological polar surface area (TPSA) is 79.6 Å². The number of hydrogen-bond donors (Lipinski definition) is 2. The van der Waals surface area contributed by atoms with E-state index in [1.807, 2.05) is 36.1 Å². The summed E-state index contributed by atoms with van der Waals surface area (Å²) in [5.41, 5.74) is 10.9. The summed E-state index contributed by atoms with van der Waals surface area (Å²) in [6.45, 7) is 4.01. The van der Waals surface area contributed by atoms with Crippen molar-refractivity contribution in [2.75, 3.05) is 10.7 Å². The molecule has 2 aliphatic rings. The fourth-order valence-electron chi connectivity index (χ4n) is 5.01. The first-order chi connectivity index (χ1) is 22.3. The molecule has 0 amide bonds. The Kier molecular flexibility index (Phi) is 8.76. The molecule has 1 aromatic heterocycles. The molecule has 2 aliphatic heterocycles. The number of fused-ring (bicyclic) bond motifs is 3. The van der Waals surface area contributed by atoms with Crippen LogP contribution in [0.2, 0.25) is 0 Å². The number of allylic oxidation sites excluding steroid dienone is 1. The standard InChI is InChI=1S/C31H25F6N7OS2/c1-17-13-23-15-47-29(44(23)26-14-21(32)7-12-25(17)26)39-28(46)41-40-18(2)19-3-5-20(6-4-19)27-38-16-43(42-27)22-8-10-24(11-9-22)45-31(36,37)30(33,34)35/h3-14,16-18,40H,15H2,1-2H3,(H,41,46). The third kappa shape index (κ3) is 6.84. The number of nitrogens with one attached hydrogen (secondary N) is 2. The molecule has 3 heterocycles. The van der Waals surface area contributed by atoms with E-state index in [9.17, 15) is 26.3 Å². The summed E-state index contributed by atoms with van der Waals surface area (Å²) in [6, 6.07) is 16.5. The summed E-state index contributed by atoms with van der Waals surface area (Å²) in [4.78, 5) is 10.8. The van der Waals surface area contributed by atoms with Crippen molar-refractivity contribution in [1.29, 1.82) is 0 Å². The summed E-state index contributed by atoms with van der Waals surface area (Å²) < 4.78 is 82.9. The van der Waals surface area contributed by atoms with Crippen LogP contribution in [0, 0.1) is 5.82 Å². The molecule has 2 unspecified atom stereocenters. The van der Waals surface area contributed by atoms with E-state index < -0.39 is 18.0 Å². The van der Waals surface area contributed by atoms with Crippen molar-refractivity contribution in [3.63, 3.8) is 0 Å². The minimum atomic E-state index is -5.84. The van der Waals surface area contributed by atoms with E-state index in [1.54, 1.807) is 6.07 Å². The van der Waals surface area contributed by atoms with Gasteiger partial charge in [-0.15, -0.1) is 5.10 Å². The molecule has 1 saturated heterocycles. The molecule has 3 aromatic carbocycles. The van der Waals surface area contributed by atoms with Crippen LogP contribution in [0.25, 0.3) is 17.1 Å². The van der Waals surface area contributed by atoms with Crippen LogP contribution >= 0.6 is 24.0 Å². The number of aliphatic imine (C=N–C) groups is 1. The number of nitrogens with zero attached hydrogens (tertiary/aromatic N) is 5. The molecular weight excluding hydrogens is 665 g/mol. The maximum Gasteiger partial charge on any atom is 0.499 e. The molecule has 4 aromatic rings. The lowest BCUT2D eigenvalue weighted by molar-refractivity contribution is -0.360. The largest absolute Gasteiger partial charge is 0.499 e. The molecule has 2 atom stereocenters. The van der Waals surface area contributed by atoms with Crippen molar-refractivity contribution in [2.24, 2.45) is 4.99 Å². The first kappa shape index (κ1) is 32.5. The van der Waals surface area contributed by atoms with E-state index in [2.05, 4.69) is 43.7 Å². The molecule has 0 aliphatic carbocycles. The van der Waals surface area contributed by atoms with Crippen LogP contribution in [-0.4, -0.2) is 43.1 Å². The number of halogens is 6. The van der Waals surface area contributed by atoms with Crippen molar-refractivity contribution in [3.8, 4) is 22.8 Å². The van der Waals surface area contributed by atoms with Crippen molar-refractivity contribution in [3.05, 3.63) is 102 Å². The van der Waals surface area contributed by atoms with Gasteiger partial charge in [-0.2, -0.15) is 26.9 Å². The second-order valence-corrected chi connectivity index (χ2v) is 12.0. The van der Waals surface area contributed by atoms with Crippen molar-refractivity contribution in [1.82, 2.24) is 25.6 Å². The van der Waals surface area contributed by atoms with E-state index in [0.717, 1.165) is 34.6 Å². The van der Waals surface area contributed by atoms with Crippen molar-refractivity contribution in [2.45, 2.75) is 38.1 Å². The first-order valence-electron chi connectivity index (χ1n) is 14.1. The number of hydrogen-bond acceptors (Lipinski definition) is 6. The Balaban J connectivity index is 1.06. The predicted molar refractivity (Wildman–Crippen MR) is 171 cm³/mol. The summed E-state index contributed by atoms with van der Waals surface area (Å²) in [6.07, 6.45) is -7.61. The maximum atomic E-state index is 14.1. The third-order valence-corrected chi connectivity index (χ3v) is 8.59. The normalized spacial score (nSPS) is 17.6.